The topological polar surface area (TPSA) is 86.2 Å². The van der Waals surface area contributed by atoms with Crippen molar-refractivity contribution in [3.05, 3.63) is 64.8 Å². The molecule has 2 aromatic carbocycles. The van der Waals surface area contributed by atoms with Crippen molar-refractivity contribution < 1.29 is 18.0 Å². The van der Waals surface area contributed by atoms with Gasteiger partial charge in [0, 0.05) is 60.2 Å². The summed E-state index contributed by atoms with van der Waals surface area (Å²) in [6, 6.07) is 15.1. The monoisotopic (exact) mass is 573 g/mol. The summed E-state index contributed by atoms with van der Waals surface area (Å²) in [5.74, 6) is -0.107. The average molecular weight is 574 g/mol. The Morgan fingerprint density at radius 1 is 1.03 bits per heavy atom. The van der Waals surface area contributed by atoms with Gasteiger partial charge in [-0.05, 0) is 56.4 Å². The molecule has 4 rings (SSSR count). The third-order valence-electron chi connectivity index (χ3n) is 6.92. The number of amides is 3. The molecule has 0 bridgehead atoms. The van der Waals surface area contributed by atoms with E-state index in [-0.39, 0.29) is 30.8 Å². The Bertz CT molecular complexity index is 1470. The zero-order chi connectivity index (χ0) is 28.3. The van der Waals surface area contributed by atoms with Gasteiger partial charge >= 0.3 is 6.03 Å². The number of fused-ring (bicyclic) bond motifs is 2. The van der Waals surface area contributed by atoms with E-state index in [4.69, 9.17) is 11.6 Å². The largest absolute Gasteiger partial charge is 0.343 e. The van der Waals surface area contributed by atoms with Crippen molar-refractivity contribution in [2.45, 2.75) is 26.1 Å². The number of aromatic nitrogens is 1. The second kappa shape index (κ2) is 12.0. The molecule has 0 unspecified atom stereocenters. The fourth-order valence-corrected chi connectivity index (χ4v) is 5.72. The Kier molecular flexibility index (Phi) is 8.88. The molecular formula is C28H36ClN5O4S. The van der Waals surface area contributed by atoms with Crippen LogP contribution >= 0.6 is 11.6 Å². The maximum Gasteiger partial charge on any atom is 0.320 e. The minimum Gasteiger partial charge on any atom is -0.343 e. The number of sulfone groups is 1. The van der Waals surface area contributed by atoms with Crippen molar-refractivity contribution in [1.82, 2.24) is 19.3 Å². The zero-order valence-corrected chi connectivity index (χ0v) is 24.5. The highest BCUT2D eigenvalue weighted by molar-refractivity contribution is 7.90. The van der Waals surface area contributed by atoms with Crippen LogP contribution in [0.25, 0.3) is 10.9 Å². The van der Waals surface area contributed by atoms with E-state index in [1.165, 1.54) is 6.26 Å². The number of hydrogen-bond donors (Lipinski definition) is 0. The first kappa shape index (κ1) is 28.9. The molecule has 3 aromatic rings. The van der Waals surface area contributed by atoms with Gasteiger partial charge < -0.3 is 24.2 Å². The number of halogens is 1. The van der Waals surface area contributed by atoms with E-state index in [0.29, 0.717) is 31.1 Å². The van der Waals surface area contributed by atoms with Gasteiger partial charge in [0.15, 0.2) is 0 Å². The van der Waals surface area contributed by atoms with Crippen LogP contribution in [0.5, 0.6) is 0 Å². The molecule has 0 atom stereocenters. The Morgan fingerprint density at radius 2 is 1.77 bits per heavy atom. The summed E-state index contributed by atoms with van der Waals surface area (Å²) in [4.78, 5) is 34.0. The van der Waals surface area contributed by atoms with Crippen molar-refractivity contribution in [3.63, 3.8) is 0 Å². The highest BCUT2D eigenvalue weighted by atomic mass is 35.5. The van der Waals surface area contributed by atoms with E-state index in [1.54, 1.807) is 21.7 Å². The standard InChI is InChI=1S/C28H36ClN5O4S/c1-30(2)13-14-31(3)28(36)32-18-21-8-5-6-9-25(21)34(27(35)20-32)19-24-17-22-16-23(29)10-11-26(22)33(24)12-7-15-39(4,37)38/h5-6,8-11,16-17H,7,12-15,18-20H2,1-4H3. The molecule has 0 saturated carbocycles. The number of anilines is 1. The highest BCUT2D eigenvalue weighted by Gasteiger charge is 2.31. The van der Waals surface area contributed by atoms with Crippen LogP contribution in [0.1, 0.15) is 17.7 Å². The molecule has 1 aromatic heterocycles. The minimum atomic E-state index is -3.10. The smallest absolute Gasteiger partial charge is 0.320 e. The summed E-state index contributed by atoms with van der Waals surface area (Å²) < 4.78 is 25.6. The van der Waals surface area contributed by atoms with E-state index in [0.717, 1.165) is 34.4 Å². The fraction of sp³-hybridized carbons (Fsp3) is 0.429. The van der Waals surface area contributed by atoms with Gasteiger partial charge in [-0.25, -0.2) is 13.2 Å². The molecule has 210 valence electrons. The summed E-state index contributed by atoms with van der Waals surface area (Å²) in [7, 11) is 2.56. The van der Waals surface area contributed by atoms with Gasteiger partial charge in [-0.3, -0.25) is 4.79 Å². The summed E-state index contributed by atoms with van der Waals surface area (Å²) in [5, 5.41) is 1.53. The van der Waals surface area contributed by atoms with Crippen LogP contribution < -0.4 is 4.90 Å². The third kappa shape index (κ3) is 7.12. The highest BCUT2D eigenvalue weighted by Crippen LogP contribution is 2.30. The number of nitrogens with zero attached hydrogens (tertiary/aromatic N) is 5. The van der Waals surface area contributed by atoms with Gasteiger partial charge in [-0.1, -0.05) is 29.8 Å². The van der Waals surface area contributed by atoms with Crippen molar-refractivity contribution in [2.75, 3.05) is 57.7 Å². The summed E-state index contributed by atoms with van der Waals surface area (Å²) in [6.45, 7) is 2.33. The second-order valence-electron chi connectivity index (χ2n) is 10.4. The van der Waals surface area contributed by atoms with Crippen molar-refractivity contribution in [1.29, 1.82) is 0 Å². The van der Waals surface area contributed by atoms with Gasteiger partial charge in [0.05, 0.1) is 18.8 Å². The number of hydrogen-bond acceptors (Lipinski definition) is 5. The Labute approximate surface area is 235 Å². The SMILES string of the molecule is CN(C)CCN(C)C(=O)N1CC(=O)N(Cc2cc3cc(Cl)ccc3n2CCCS(C)(=O)=O)c2ccccc2C1. The maximum absolute atomic E-state index is 13.7. The van der Waals surface area contributed by atoms with Crippen LogP contribution in [0.4, 0.5) is 10.5 Å². The number of rotatable bonds is 9. The Morgan fingerprint density at radius 3 is 2.49 bits per heavy atom. The number of urea groups is 1. The van der Waals surface area contributed by atoms with E-state index >= 15 is 0 Å². The Balaban J connectivity index is 1.65. The molecule has 0 fully saturated rings. The van der Waals surface area contributed by atoms with Crippen LogP contribution in [0.3, 0.4) is 0 Å². The minimum absolute atomic E-state index is 0.0417. The number of carbonyl (C=O) groups excluding carboxylic acids is 2. The summed E-state index contributed by atoms with van der Waals surface area (Å²) in [6.07, 6.45) is 1.68. The lowest BCUT2D eigenvalue weighted by molar-refractivity contribution is -0.119. The number of benzene rings is 2. The van der Waals surface area contributed by atoms with Gasteiger partial charge in [-0.15, -0.1) is 0 Å². The molecule has 0 N–H and O–H groups in total. The lowest BCUT2D eigenvalue weighted by atomic mass is 10.1. The summed E-state index contributed by atoms with van der Waals surface area (Å²) >= 11 is 6.26. The number of carbonyl (C=O) groups is 2. The van der Waals surface area contributed by atoms with Gasteiger partial charge in [0.2, 0.25) is 5.91 Å². The zero-order valence-electron chi connectivity index (χ0n) is 22.9. The van der Waals surface area contributed by atoms with Crippen molar-refractivity contribution >= 4 is 50.0 Å². The first-order valence-corrected chi connectivity index (χ1v) is 15.4. The predicted octanol–water partition coefficient (Wildman–Crippen LogP) is 3.69. The van der Waals surface area contributed by atoms with Crippen LogP contribution in [0.15, 0.2) is 48.5 Å². The van der Waals surface area contributed by atoms with E-state index in [1.807, 2.05) is 67.5 Å². The second-order valence-corrected chi connectivity index (χ2v) is 13.1. The molecule has 0 aliphatic carbocycles. The van der Waals surface area contributed by atoms with Crippen LogP contribution in [-0.2, 0) is 34.3 Å². The third-order valence-corrected chi connectivity index (χ3v) is 8.18. The molecule has 1 aliphatic rings. The molecule has 0 saturated heterocycles. The molecule has 11 heteroatoms. The molecule has 1 aliphatic heterocycles. The Hall–Kier alpha value is -3.08. The quantitative estimate of drug-likeness (QED) is 0.390. The van der Waals surface area contributed by atoms with Gasteiger partial charge in [0.1, 0.15) is 16.4 Å². The molecular weight excluding hydrogens is 538 g/mol. The molecule has 2 heterocycles. The maximum atomic E-state index is 13.7. The van der Waals surface area contributed by atoms with Crippen LogP contribution in [0.2, 0.25) is 5.02 Å². The fourth-order valence-electron chi connectivity index (χ4n) is 4.89. The molecule has 9 nitrogen and oxygen atoms in total. The molecule has 0 radical (unpaired) electrons. The van der Waals surface area contributed by atoms with E-state index in [9.17, 15) is 18.0 Å². The van der Waals surface area contributed by atoms with Crippen LogP contribution in [-0.4, -0.2) is 92.4 Å². The number of para-hydroxylation sites is 1. The lowest BCUT2D eigenvalue weighted by Crippen LogP contribution is -2.46. The first-order valence-electron chi connectivity index (χ1n) is 12.9. The van der Waals surface area contributed by atoms with Crippen molar-refractivity contribution in [3.8, 4) is 0 Å². The molecule has 0 spiro atoms. The van der Waals surface area contributed by atoms with E-state index in [2.05, 4.69) is 4.57 Å². The average Bonchev–Trinajstić information content (AvgIpc) is 3.12. The predicted molar refractivity (Wildman–Crippen MR) is 156 cm³/mol. The van der Waals surface area contributed by atoms with Gasteiger partial charge in [0.25, 0.3) is 0 Å². The number of likely N-dealkylation sites (N-methyl/N-ethyl adjacent to an activating group) is 2. The van der Waals surface area contributed by atoms with Gasteiger partial charge in [-0.2, -0.15) is 0 Å². The lowest BCUT2D eigenvalue weighted by Gasteiger charge is -2.27. The summed E-state index contributed by atoms with van der Waals surface area (Å²) in [5.41, 5.74) is 3.45. The van der Waals surface area contributed by atoms with Crippen LogP contribution in [0, 0.1) is 0 Å². The first-order chi connectivity index (χ1) is 18.4. The number of aryl methyl sites for hydroxylation is 1. The van der Waals surface area contributed by atoms with Crippen molar-refractivity contribution in [2.24, 2.45) is 0 Å². The van der Waals surface area contributed by atoms with E-state index < -0.39 is 9.84 Å². The molecule has 3 amide bonds. The normalized spacial score (nSPS) is 14.2. The molecule has 39 heavy (non-hydrogen) atoms.